The molecule has 0 spiro atoms. The first-order chi connectivity index (χ1) is 11.7. The fraction of sp³-hybridized carbons (Fsp3) is 0.0500. The number of rotatable bonds is 3. The van der Waals surface area contributed by atoms with Crippen LogP contribution in [0.25, 0.3) is 0 Å². The van der Waals surface area contributed by atoms with Crippen LogP contribution >= 0.6 is 11.6 Å². The fourth-order valence-electron chi connectivity index (χ4n) is 2.20. The average Bonchev–Trinajstić information content (AvgIpc) is 2.63. The van der Waals surface area contributed by atoms with Crippen molar-refractivity contribution in [3.05, 3.63) is 90.0 Å². The van der Waals surface area contributed by atoms with Gasteiger partial charge in [-0.3, -0.25) is 0 Å². The van der Waals surface area contributed by atoms with Crippen LogP contribution in [0, 0.1) is 0 Å². The van der Waals surface area contributed by atoms with Crippen molar-refractivity contribution < 1.29 is 0 Å². The summed E-state index contributed by atoms with van der Waals surface area (Å²) < 4.78 is 4.88. The Labute approximate surface area is 150 Å². The van der Waals surface area contributed by atoms with Gasteiger partial charge in [0, 0.05) is 14.8 Å². The predicted octanol–water partition coefficient (Wildman–Crippen LogP) is 6.31. The molecule has 3 rings (SSSR count). The molecule has 0 N–H and O–H groups in total. The molecule has 4 heteroatoms. The van der Waals surface area contributed by atoms with Crippen molar-refractivity contribution in [3.8, 4) is 0 Å². The van der Waals surface area contributed by atoms with Crippen LogP contribution in [0.4, 0.5) is 5.69 Å². The highest BCUT2D eigenvalue weighted by molar-refractivity contribution is 7.87. The van der Waals surface area contributed by atoms with E-state index in [1.807, 2.05) is 67.6 Å². The summed E-state index contributed by atoms with van der Waals surface area (Å²) in [5, 5.41) is 0.705. The van der Waals surface area contributed by atoms with Gasteiger partial charge in [-0.25, -0.2) is 9.36 Å². The number of hydrogen-bond acceptors (Lipinski definition) is 1. The smallest absolute Gasteiger partial charge is 0.133 e. The monoisotopic (exact) mass is 352 g/mol. The Hall–Kier alpha value is -2.23. The predicted molar refractivity (Wildman–Crippen MR) is 103 cm³/mol. The molecule has 0 aliphatic rings. The lowest BCUT2D eigenvalue weighted by atomic mass is 10.3. The number of halogens is 1. The van der Waals surface area contributed by atoms with Crippen molar-refractivity contribution in [2.24, 2.45) is 9.36 Å². The maximum Gasteiger partial charge on any atom is 0.133 e. The fourth-order valence-corrected chi connectivity index (χ4v) is 3.94. The topological polar surface area (TPSA) is 24.7 Å². The quantitative estimate of drug-likeness (QED) is 0.389. The van der Waals surface area contributed by atoms with E-state index in [2.05, 4.69) is 29.3 Å². The van der Waals surface area contributed by atoms with Crippen molar-refractivity contribution in [2.45, 2.75) is 16.7 Å². The van der Waals surface area contributed by atoms with E-state index >= 15 is 0 Å². The Morgan fingerprint density at radius 3 is 1.75 bits per heavy atom. The van der Waals surface area contributed by atoms with Crippen LogP contribution in [0.5, 0.6) is 0 Å². The molecule has 0 heterocycles. The Bertz CT molecular complexity index is 816. The Morgan fingerprint density at radius 2 is 1.25 bits per heavy atom. The summed E-state index contributed by atoms with van der Waals surface area (Å²) in [6, 6.07) is 28.1. The molecule has 0 atom stereocenters. The van der Waals surface area contributed by atoms with E-state index in [9.17, 15) is 0 Å². The van der Waals surface area contributed by atoms with Crippen LogP contribution in [0.2, 0.25) is 5.02 Å². The molecule has 0 unspecified atom stereocenters. The molecule has 0 aliphatic heterocycles. The van der Waals surface area contributed by atoms with Crippen molar-refractivity contribution in [1.82, 2.24) is 0 Å². The summed E-state index contributed by atoms with van der Waals surface area (Å²) in [6.45, 7) is 1.93. The normalized spacial score (nSPS) is 11.5. The lowest BCUT2D eigenvalue weighted by Gasteiger charge is -2.08. The first-order valence-electron chi connectivity index (χ1n) is 7.59. The zero-order valence-corrected chi connectivity index (χ0v) is 14.8. The van der Waals surface area contributed by atoms with Gasteiger partial charge in [-0.05, 0) is 66.1 Å². The molecule has 0 fully saturated rings. The van der Waals surface area contributed by atoms with Gasteiger partial charge < -0.3 is 0 Å². The lowest BCUT2D eigenvalue weighted by molar-refractivity contribution is 1.37. The minimum Gasteiger partial charge on any atom is -0.233 e. The molecule has 0 bridgehead atoms. The average molecular weight is 353 g/mol. The first-order valence-corrected chi connectivity index (χ1v) is 9.15. The van der Waals surface area contributed by atoms with Gasteiger partial charge in [0.15, 0.2) is 0 Å². The molecule has 0 saturated carbocycles. The summed E-state index contributed by atoms with van der Waals surface area (Å²) in [4.78, 5) is 6.94. The van der Waals surface area contributed by atoms with Gasteiger partial charge in [-0.2, -0.15) is 0 Å². The largest absolute Gasteiger partial charge is 0.233 e. The maximum atomic E-state index is 5.92. The van der Waals surface area contributed by atoms with Crippen molar-refractivity contribution in [1.29, 1.82) is 0 Å². The molecule has 3 aromatic carbocycles. The van der Waals surface area contributed by atoms with Gasteiger partial charge in [0.05, 0.1) is 5.69 Å². The number of nitrogens with zero attached hydrogens (tertiary/aromatic N) is 2. The summed E-state index contributed by atoms with van der Waals surface area (Å²) in [5.41, 5.74) is 0.852. The van der Waals surface area contributed by atoms with Crippen LogP contribution in [0.1, 0.15) is 6.92 Å². The molecule has 24 heavy (non-hydrogen) atoms. The number of amidine groups is 1. The van der Waals surface area contributed by atoms with Gasteiger partial charge in [0.25, 0.3) is 0 Å². The molecule has 2 nitrogen and oxygen atoms in total. The van der Waals surface area contributed by atoms with Crippen LogP contribution in [0.3, 0.4) is 0 Å². The van der Waals surface area contributed by atoms with Crippen molar-refractivity contribution >= 4 is 33.8 Å². The summed E-state index contributed by atoms with van der Waals surface area (Å²) >= 11 is 5.92. The van der Waals surface area contributed by atoms with E-state index in [0.29, 0.717) is 5.02 Å². The van der Waals surface area contributed by atoms with Crippen LogP contribution in [-0.4, -0.2) is 5.84 Å². The van der Waals surface area contributed by atoms with E-state index in [1.165, 1.54) is 9.79 Å². The third-order valence-corrected chi connectivity index (χ3v) is 5.41. The zero-order valence-electron chi connectivity index (χ0n) is 13.3. The van der Waals surface area contributed by atoms with E-state index in [1.54, 1.807) is 0 Å². The third-order valence-electron chi connectivity index (χ3n) is 3.27. The molecule has 0 aromatic heterocycles. The second kappa shape index (κ2) is 8.04. The van der Waals surface area contributed by atoms with Gasteiger partial charge >= 0.3 is 0 Å². The molecule has 0 saturated heterocycles. The van der Waals surface area contributed by atoms with Gasteiger partial charge in [-0.15, -0.1) is 0 Å². The molecular weight excluding hydrogens is 336 g/mol. The minimum absolute atomic E-state index is 0.391. The Kier molecular flexibility index (Phi) is 5.57. The van der Waals surface area contributed by atoms with Crippen LogP contribution in [0.15, 0.2) is 104 Å². The Morgan fingerprint density at radius 1 is 0.750 bits per heavy atom. The van der Waals surface area contributed by atoms with E-state index < -0.39 is 10.7 Å². The highest BCUT2D eigenvalue weighted by Gasteiger charge is 2.05. The molecule has 0 aliphatic carbocycles. The first kappa shape index (κ1) is 16.6. The molecule has 120 valence electrons. The maximum absolute atomic E-state index is 5.92. The minimum atomic E-state index is -0.391. The molecule has 3 aromatic rings. The number of hydrogen-bond donors (Lipinski definition) is 0. The van der Waals surface area contributed by atoms with E-state index in [0.717, 1.165) is 11.5 Å². The SMILES string of the molecule is CC(=Nc1ccc(Cl)cc1)N=S(c1ccccc1)c1ccccc1. The van der Waals surface area contributed by atoms with Gasteiger partial charge in [0.2, 0.25) is 0 Å². The third kappa shape index (κ3) is 4.40. The van der Waals surface area contributed by atoms with Crippen molar-refractivity contribution in [3.63, 3.8) is 0 Å². The van der Waals surface area contributed by atoms with E-state index in [-0.39, 0.29) is 0 Å². The van der Waals surface area contributed by atoms with Crippen LogP contribution in [-0.2, 0) is 10.7 Å². The number of benzene rings is 3. The molecule has 0 amide bonds. The van der Waals surface area contributed by atoms with Crippen LogP contribution < -0.4 is 0 Å². The van der Waals surface area contributed by atoms with Gasteiger partial charge in [0.1, 0.15) is 5.84 Å². The van der Waals surface area contributed by atoms with E-state index in [4.69, 9.17) is 16.0 Å². The standard InChI is InChI=1S/C20H17ClN2S/c1-16(22-18-14-12-17(21)13-15-18)23-24(19-8-4-2-5-9-19)20-10-6-3-7-11-20/h2-15H,1H3. The summed E-state index contributed by atoms with van der Waals surface area (Å²) in [5.74, 6) is 0.744. The zero-order chi connectivity index (χ0) is 16.8. The van der Waals surface area contributed by atoms with Gasteiger partial charge in [-0.1, -0.05) is 48.0 Å². The lowest BCUT2D eigenvalue weighted by Crippen LogP contribution is -1.96. The summed E-state index contributed by atoms with van der Waals surface area (Å²) in [6.07, 6.45) is 0. The highest BCUT2D eigenvalue weighted by atomic mass is 35.5. The van der Waals surface area contributed by atoms with Crippen molar-refractivity contribution in [2.75, 3.05) is 0 Å². The Balaban J connectivity index is 2.01. The second-order valence-corrected chi connectivity index (χ2v) is 7.27. The molecule has 0 radical (unpaired) electrons. The second-order valence-electron chi connectivity index (χ2n) is 5.14. The highest BCUT2D eigenvalue weighted by Crippen LogP contribution is 2.20. The summed E-state index contributed by atoms with van der Waals surface area (Å²) in [7, 11) is -0.391. The molecular formula is C20H17ClN2S. The number of aliphatic imine (C=N–C) groups is 1.